The Labute approximate surface area is 211 Å². The van der Waals surface area contributed by atoms with Gasteiger partial charge in [-0.05, 0) is 55.3 Å². The number of nitrogens with zero attached hydrogens (tertiary/aromatic N) is 2. The van der Waals surface area contributed by atoms with E-state index in [2.05, 4.69) is 57.0 Å². The summed E-state index contributed by atoms with van der Waals surface area (Å²) in [6.45, 7) is 4.73. The number of anilines is 2. The van der Waals surface area contributed by atoms with Crippen molar-refractivity contribution >= 4 is 47.2 Å². The minimum Gasteiger partial charge on any atom is -0.459 e. The first-order chi connectivity index (χ1) is 15.6. The van der Waals surface area contributed by atoms with Crippen LogP contribution in [0.5, 0.6) is 0 Å². The molecule has 1 unspecified atom stereocenters. The number of halogens is 1. The van der Waals surface area contributed by atoms with E-state index in [-0.39, 0.29) is 29.9 Å². The first-order valence-corrected chi connectivity index (χ1v) is 10.8. The number of carbonyl (C=O) groups is 1. The number of furan rings is 1. The van der Waals surface area contributed by atoms with E-state index in [0.29, 0.717) is 18.3 Å². The zero-order valence-electron chi connectivity index (χ0n) is 18.9. The van der Waals surface area contributed by atoms with Crippen molar-refractivity contribution in [2.24, 2.45) is 4.99 Å². The Morgan fingerprint density at radius 1 is 1.12 bits per heavy atom. The maximum absolute atomic E-state index is 12.1. The molecule has 2 aromatic carbocycles. The molecule has 2 heterocycles. The van der Waals surface area contributed by atoms with Crippen molar-refractivity contribution < 1.29 is 9.21 Å². The highest BCUT2D eigenvalue weighted by atomic mass is 127. The van der Waals surface area contributed by atoms with Gasteiger partial charge < -0.3 is 25.3 Å². The minimum absolute atomic E-state index is 0. The fraction of sp³-hybridized carbons (Fsp3) is 0.280. The zero-order chi connectivity index (χ0) is 22.3. The zero-order valence-corrected chi connectivity index (χ0v) is 21.2. The summed E-state index contributed by atoms with van der Waals surface area (Å²) in [6, 6.07) is 20.1. The summed E-state index contributed by atoms with van der Waals surface area (Å²) in [5, 5.41) is 9.73. The van der Waals surface area contributed by atoms with E-state index < -0.39 is 0 Å². The van der Waals surface area contributed by atoms with Gasteiger partial charge in [-0.1, -0.05) is 29.8 Å². The van der Waals surface area contributed by atoms with Crippen molar-refractivity contribution in [1.82, 2.24) is 10.6 Å². The molecule has 4 rings (SSSR count). The standard InChI is InChI=1S/C25H29N5O2.HI/c1-18-5-11-22(12-6-18)30-14-13-21(17-30)29-25(26-2)27-16-19-7-9-20(10-8-19)28-24(31)23-4-3-15-32-23;/h3-12,15,21H,13-14,16-17H2,1-2H3,(H,28,31)(H2,26,27,29);1H. The van der Waals surface area contributed by atoms with E-state index in [1.807, 2.05) is 24.3 Å². The maximum Gasteiger partial charge on any atom is 0.291 e. The summed E-state index contributed by atoms with van der Waals surface area (Å²) in [6.07, 6.45) is 2.55. The van der Waals surface area contributed by atoms with Gasteiger partial charge in [-0.15, -0.1) is 24.0 Å². The molecule has 0 radical (unpaired) electrons. The van der Waals surface area contributed by atoms with Crippen LogP contribution >= 0.6 is 24.0 Å². The highest BCUT2D eigenvalue weighted by Crippen LogP contribution is 2.20. The molecule has 174 valence electrons. The molecule has 1 atom stereocenters. The van der Waals surface area contributed by atoms with Gasteiger partial charge in [0.2, 0.25) is 0 Å². The predicted octanol–water partition coefficient (Wildman–Crippen LogP) is 4.40. The summed E-state index contributed by atoms with van der Waals surface area (Å²) < 4.78 is 5.11. The summed E-state index contributed by atoms with van der Waals surface area (Å²) in [5.41, 5.74) is 4.36. The second kappa shape index (κ2) is 11.7. The average Bonchev–Trinajstić information content (AvgIpc) is 3.51. The molecule has 0 bridgehead atoms. The van der Waals surface area contributed by atoms with Gasteiger partial charge in [0.25, 0.3) is 5.91 Å². The number of hydrogen-bond acceptors (Lipinski definition) is 4. The molecule has 0 aliphatic carbocycles. The van der Waals surface area contributed by atoms with Crippen molar-refractivity contribution in [3.63, 3.8) is 0 Å². The number of aliphatic imine (C=N–C) groups is 1. The largest absolute Gasteiger partial charge is 0.459 e. The van der Waals surface area contributed by atoms with Crippen molar-refractivity contribution in [3.8, 4) is 0 Å². The van der Waals surface area contributed by atoms with Crippen LogP contribution in [0, 0.1) is 6.92 Å². The molecule has 7 nitrogen and oxygen atoms in total. The molecule has 1 amide bonds. The normalized spacial score (nSPS) is 15.6. The first-order valence-electron chi connectivity index (χ1n) is 10.8. The van der Waals surface area contributed by atoms with Crippen LogP contribution in [0.1, 0.15) is 28.1 Å². The van der Waals surface area contributed by atoms with Crippen LogP contribution < -0.4 is 20.9 Å². The lowest BCUT2D eigenvalue weighted by molar-refractivity contribution is 0.0996. The molecule has 3 aromatic rings. The molecule has 33 heavy (non-hydrogen) atoms. The average molecular weight is 559 g/mol. The van der Waals surface area contributed by atoms with Crippen LogP contribution in [0.25, 0.3) is 0 Å². The number of amides is 1. The molecule has 1 saturated heterocycles. The lowest BCUT2D eigenvalue weighted by Gasteiger charge is -2.20. The lowest BCUT2D eigenvalue weighted by atomic mass is 10.2. The number of guanidine groups is 1. The van der Waals surface area contributed by atoms with Gasteiger partial charge >= 0.3 is 0 Å². The quantitative estimate of drug-likeness (QED) is 0.237. The maximum atomic E-state index is 12.1. The van der Waals surface area contributed by atoms with Gasteiger partial charge in [0.05, 0.1) is 6.26 Å². The summed E-state index contributed by atoms with van der Waals surface area (Å²) in [4.78, 5) is 18.8. The first kappa shape index (κ1) is 24.6. The molecule has 1 aromatic heterocycles. The number of benzene rings is 2. The van der Waals surface area contributed by atoms with Gasteiger partial charge in [-0.3, -0.25) is 9.79 Å². The number of hydrogen-bond donors (Lipinski definition) is 3. The number of carbonyl (C=O) groups excluding carboxylic acids is 1. The summed E-state index contributed by atoms with van der Waals surface area (Å²) in [5.74, 6) is 0.816. The molecule has 1 aliphatic rings. The van der Waals surface area contributed by atoms with Crippen LogP contribution in [0.15, 0.2) is 76.3 Å². The fourth-order valence-corrected chi connectivity index (χ4v) is 3.75. The van der Waals surface area contributed by atoms with E-state index in [1.165, 1.54) is 17.5 Å². The van der Waals surface area contributed by atoms with Crippen molar-refractivity contribution in [2.75, 3.05) is 30.4 Å². The lowest BCUT2D eigenvalue weighted by Crippen LogP contribution is -2.44. The van der Waals surface area contributed by atoms with E-state index >= 15 is 0 Å². The van der Waals surface area contributed by atoms with Crippen molar-refractivity contribution in [1.29, 1.82) is 0 Å². The molecule has 0 saturated carbocycles. The molecule has 8 heteroatoms. The molecule has 1 aliphatic heterocycles. The number of rotatable bonds is 6. The third-order valence-electron chi connectivity index (χ3n) is 5.57. The number of nitrogens with one attached hydrogen (secondary N) is 3. The second-order valence-corrected chi connectivity index (χ2v) is 7.97. The predicted molar refractivity (Wildman–Crippen MR) is 144 cm³/mol. The Morgan fingerprint density at radius 3 is 2.55 bits per heavy atom. The molecular formula is C25H30IN5O2. The van der Waals surface area contributed by atoms with Crippen LogP contribution in [-0.2, 0) is 6.54 Å². The van der Waals surface area contributed by atoms with E-state index in [1.54, 1.807) is 19.2 Å². The van der Waals surface area contributed by atoms with Gasteiger partial charge in [0, 0.05) is 44.1 Å². The van der Waals surface area contributed by atoms with Gasteiger partial charge in [-0.2, -0.15) is 0 Å². The molecule has 3 N–H and O–H groups in total. The topological polar surface area (TPSA) is 81.9 Å². The Morgan fingerprint density at radius 2 is 1.88 bits per heavy atom. The van der Waals surface area contributed by atoms with E-state index in [0.717, 1.165) is 36.7 Å². The minimum atomic E-state index is -0.262. The molecule has 1 fully saturated rings. The van der Waals surface area contributed by atoms with Crippen molar-refractivity contribution in [3.05, 3.63) is 83.8 Å². The molecular weight excluding hydrogens is 529 g/mol. The Kier molecular flexibility index (Phi) is 8.76. The highest BCUT2D eigenvalue weighted by molar-refractivity contribution is 14.0. The highest BCUT2D eigenvalue weighted by Gasteiger charge is 2.23. The summed E-state index contributed by atoms with van der Waals surface area (Å²) >= 11 is 0. The van der Waals surface area contributed by atoms with Gasteiger partial charge in [0.15, 0.2) is 11.7 Å². The van der Waals surface area contributed by atoms with Crippen LogP contribution in [0.2, 0.25) is 0 Å². The van der Waals surface area contributed by atoms with Gasteiger partial charge in [-0.25, -0.2) is 0 Å². The smallest absolute Gasteiger partial charge is 0.291 e. The SMILES string of the molecule is CN=C(NCc1ccc(NC(=O)c2ccco2)cc1)NC1CCN(c2ccc(C)cc2)C1.I. The third kappa shape index (κ3) is 6.74. The van der Waals surface area contributed by atoms with Crippen LogP contribution in [0.4, 0.5) is 11.4 Å². The van der Waals surface area contributed by atoms with E-state index in [4.69, 9.17) is 4.42 Å². The van der Waals surface area contributed by atoms with E-state index in [9.17, 15) is 4.79 Å². The monoisotopic (exact) mass is 559 g/mol. The van der Waals surface area contributed by atoms with Crippen LogP contribution in [0.3, 0.4) is 0 Å². The van der Waals surface area contributed by atoms with Crippen LogP contribution in [-0.4, -0.2) is 38.0 Å². The second-order valence-electron chi connectivity index (χ2n) is 7.97. The Balaban J connectivity index is 0.00000306. The van der Waals surface area contributed by atoms with Crippen molar-refractivity contribution in [2.45, 2.75) is 25.9 Å². The third-order valence-corrected chi connectivity index (χ3v) is 5.57. The Hall–Kier alpha value is -3.01. The fourth-order valence-electron chi connectivity index (χ4n) is 3.75. The summed E-state index contributed by atoms with van der Waals surface area (Å²) in [7, 11) is 1.79. The van der Waals surface area contributed by atoms with Gasteiger partial charge in [0.1, 0.15) is 0 Å². The number of aryl methyl sites for hydroxylation is 1. The Bertz CT molecular complexity index is 1050. The molecule has 0 spiro atoms.